The number of aromatic nitrogens is 4. The van der Waals surface area contributed by atoms with E-state index in [1.807, 2.05) is 0 Å². The van der Waals surface area contributed by atoms with Crippen LogP contribution in [0.1, 0.15) is 77.9 Å². The third-order valence-electron chi connectivity index (χ3n) is 11.1. The summed E-state index contributed by atoms with van der Waals surface area (Å²) in [6.07, 6.45) is 0. The Kier molecular flexibility index (Phi) is 9.69. The molecule has 4 heteroatoms. The van der Waals surface area contributed by atoms with Gasteiger partial charge in [0.25, 0.3) is 0 Å². The fourth-order valence-corrected chi connectivity index (χ4v) is 7.89. The van der Waals surface area contributed by atoms with Gasteiger partial charge in [-0.3, -0.25) is 0 Å². The lowest BCUT2D eigenvalue weighted by Crippen LogP contribution is -2.23. The summed E-state index contributed by atoms with van der Waals surface area (Å²) in [6, 6.07) is 60.6. The summed E-state index contributed by atoms with van der Waals surface area (Å²) in [7, 11) is 0. The average Bonchev–Trinajstić information content (AvgIpc) is 3.84. The zero-order valence-corrected chi connectivity index (χ0v) is 34.5. The van der Waals surface area contributed by atoms with Gasteiger partial charge >= 0.3 is 0 Å². The van der Waals surface area contributed by atoms with Gasteiger partial charge in [-0.05, 0) is 71.2 Å². The number of hydrogen-bond donors (Lipinski definition) is 0. The van der Waals surface area contributed by atoms with Gasteiger partial charge in [-0.25, -0.2) is 9.36 Å². The highest BCUT2D eigenvalue weighted by Crippen LogP contribution is 2.48. The third kappa shape index (κ3) is 7.17. The Morgan fingerprint density at radius 3 is 0.982 bits per heavy atom. The molecule has 0 amide bonds. The molecule has 0 fully saturated rings. The highest BCUT2D eigenvalue weighted by atomic mass is 15.3. The van der Waals surface area contributed by atoms with Gasteiger partial charge in [0.2, 0.25) is 0 Å². The first-order chi connectivity index (χ1) is 27.3. The van der Waals surface area contributed by atoms with Crippen molar-refractivity contribution in [3.05, 3.63) is 192 Å². The van der Waals surface area contributed by atoms with E-state index in [1.165, 1.54) is 11.1 Å². The predicted molar refractivity (Wildman–Crippen MR) is 238 cm³/mol. The van der Waals surface area contributed by atoms with E-state index in [2.05, 4.69) is 235 Å². The molecule has 2 aromatic heterocycles. The number of rotatable bonds is 8. The van der Waals surface area contributed by atoms with Crippen molar-refractivity contribution in [2.24, 2.45) is 0 Å². The van der Waals surface area contributed by atoms with Gasteiger partial charge in [0.05, 0.1) is 39.6 Å². The van der Waals surface area contributed by atoms with E-state index in [0.29, 0.717) is 0 Å². The Morgan fingerprint density at radius 1 is 0.351 bits per heavy atom. The molecule has 2 heterocycles. The van der Waals surface area contributed by atoms with Crippen molar-refractivity contribution in [1.82, 2.24) is 19.6 Å². The molecule has 4 nitrogen and oxygen atoms in total. The lowest BCUT2D eigenvalue weighted by Gasteiger charge is -2.24. The smallest absolute Gasteiger partial charge is 0.0830 e. The predicted octanol–water partition coefficient (Wildman–Crippen LogP) is 13.6. The van der Waals surface area contributed by atoms with Crippen LogP contribution in [-0.2, 0) is 16.2 Å². The molecule has 0 N–H and O–H groups in total. The maximum absolute atomic E-state index is 5.74. The molecular weight excluding hydrogens is 693 g/mol. The zero-order valence-electron chi connectivity index (χ0n) is 34.5. The molecule has 0 saturated heterocycles. The molecule has 0 unspecified atom stereocenters. The van der Waals surface area contributed by atoms with Gasteiger partial charge in [0.15, 0.2) is 0 Å². The molecule has 0 radical (unpaired) electrons. The van der Waals surface area contributed by atoms with Crippen LogP contribution >= 0.6 is 0 Å². The summed E-state index contributed by atoms with van der Waals surface area (Å²) in [5, 5.41) is 11.5. The molecule has 8 aromatic rings. The summed E-state index contributed by atoms with van der Waals surface area (Å²) >= 11 is 0. The van der Waals surface area contributed by atoms with Crippen molar-refractivity contribution in [2.45, 2.75) is 71.6 Å². The van der Waals surface area contributed by atoms with Crippen LogP contribution in [0.3, 0.4) is 0 Å². The Balaban J connectivity index is 1.49. The molecule has 0 aliphatic carbocycles. The van der Waals surface area contributed by atoms with E-state index >= 15 is 0 Å². The standard InChI is InChI=1S/C53H52N4/c1-51(2,3)41-31-21-33-43(35-41)56-47(39-27-17-11-18-28-39)45(37-23-13-9-14-24-37)49(54-56)53(7,8)50-46(38-25-15-10-16-26-38)48(40-29-19-12-20-30-40)57(55-50)44-34-22-32-42(36-44)52(4,5)6/h9-36H,1-8H3. The quantitative estimate of drug-likeness (QED) is 0.155. The molecule has 0 spiro atoms. The van der Waals surface area contributed by atoms with Gasteiger partial charge in [0.1, 0.15) is 0 Å². The van der Waals surface area contributed by atoms with Crippen molar-refractivity contribution < 1.29 is 0 Å². The molecule has 8 rings (SSSR count). The first-order valence-electron chi connectivity index (χ1n) is 20.0. The topological polar surface area (TPSA) is 35.6 Å². The summed E-state index contributed by atoms with van der Waals surface area (Å²) in [5.41, 5.74) is 14.4. The Morgan fingerprint density at radius 2 is 0.667 bits per heavy atom. The van der Waals surface area contributed by atoms with Crippen LogP contribution in [0.2, 0.25) is 0 Å². The minimum Gasteiger partial charge on any atom is -0.232 e. The van der Waals surface area contributed by atoms with Gasteiger partial charge in [-0.15, -0.1) is 0 Å². The van der Waals surface area contributed by atoms with Crippen LogP contribution in [0, 0.1) is 0 Å². The largest absolute Gasteiger partial charge is 0.232 e. The average molecular weight is 745 g/mol. The molecule has 0 bridgehead atoms. The fraction of sp³-hybridized carbons (Fsp3) is 0.208. The Hall–Kier alpha value is -6.26. The first-order valence-corrected chi connectivity index (χ1v) is 20.0. The van der Waals surface area contributed by atoms with E-state index in [4.69, 9.17) is 10.2 Å². The molecule has 57 heavy (non-hydrogen) atoms. The van der Waals surface area contributed by atoms with Crippen LogP contribution in [0.15, 0.2) is 170 Å². The second kappa shape index (κ2) is 14.7. The zero-order chi connectivity index (χ0) is 40.0. The summed E-state index contributed by atoms with van der Waals surface area (Å²) in [4.78, 5) is 0. The van der Waals surface area contributed by atoms with E-state index in [0.717, 1.165) is 67.5 Å². The lowest BCUT2D eigenvalue weighted by molar-refractivity contribution is 0.576. The summed E-state index contributed by atoms with van der Waals surface area (Å²) < 4.78 is 4.35. The highest BCUT2D eigenvalue weighted by molar-refractivity contribution is 5.88. The molecule has 6 aromatic carbocycles. The van der Waals surface area contributed by atoms with Crippen LogP contribution in [-0.4, -0.2) is 19.6 Å². The third-order valence-corrected chi connectivity index (χ3v) is 11.1. The molecule has 284 valence electrons. The summed E-state index contributed by atoms with van der Waals surface area (Å²) in [5.74, 6) is 0. The number of hydrogen-bond acceptors (Lipinski definition) is 2. The Bertz CT molecular complexity index is 2450. The van der Waals surface area contributed by atoms with Crippen molar-refractivity contribution in [2.75, 3.05) is 0 Å². The van der Waals surface area contributed by atoms with E-state index in [9.17, 15) is 0 Å². The van der Waals surface area contributed by atoms with Crippen molar-refractivity contribution in [1.29, 1.82) is 0 Å². The molecular formula is C53H52N4. The van der Waals surface area contributed by atoms with Crippen molar-refractivity contribution >= 4 is 0 Å². The van der Waals surface area contributed by atoms with Crippen LogP contribution in [0.5, 0.6) is 0 Å². The summed E-state index contributed by atoms with van der Waals surface area (Å²) in [6.45, 7) is 18.2. The number of benzene rings is 6. The van der Waals surface area contributed by atoms with Gasteiger partial charge < -0.3 is 0 Å². The van der Waals surface area contributed by atoms with Gasteiger partial charge in [-0.1, -0.05) is 187 Å². The van der Waals surface area contributed by atoms with Gasteiger partial charge in [-0.2, -0.15) is 10.2 Å². The van der Waals surface area contributed by atoms with Crippen molar-refractivity contribution in [3.63, 3.8) is 0 Å². The lowest BCUT2D eigenvalue weighted by atomic mass is 9.78. The van der Waals surface area contributed by atoms with Gasteiger partial charge in [0, 0.05) is 22.3 Å². The van der Waals surface area contributed by atoms with E-state index in [-0.39, 0.29) is 10.8 Å². The Labute approximate surface area is 338 Å². The molecule has 0 aliphatic heterocycles. The normalized spacial score (nSPS) is 12.2. The maximum atomic E-state index is 5.74. The fourth-order valence-electron chi connectivity index (χ4n) is 7.89. The highest BCUT2D eigenvalue weighted by Gasteiger charge is 2.39. The molecule has 0 aliphatic rings. The van der Waals surface area contributed by atoms with Crippen LogP contribution < -0.4 is 0 Å². The molecule has 0 saturated carbocycles. The second-order valence-corrected chi connectivity index (χ2v) is 17.7. The SMILES string of the molecule is CC(C)(C)c1cccc(-n2nc(C(C)(C)c3nn(-c4cccc(C(C)(C)C)c4)c(-c4ccccc4)c3-c3ccccc3)c(-c3ccccc3)c2-c2ccccc2)c1. The molecule has 0 atom stereocenters. The first kappa shape index (κ1) is 37.7. The number of nitrogens with zero attached hydrogens (tertiary/aromatic N) is 4. The monoisotopic (exact) mass is 744 g/mol. The van der Waals surface area contributed by atoms with Crippen molar-refractivity contribution in [3.8, 4) is 56.1 Å². The second-order valence-electron chi connectivity index (χ2n) is 17.7. The minimum atomic E-state index is -0.691. The van der Waals surface area contributed by atoms with Crippen LogP contribution in [0.25, 0.3) is 56.1 Å². The van der Waals surface area contributed by atoms with E-state index in [1.54, 1.807) is 0 Å². The minimum absolute atomic E-state index is 0.0318. The van der Waals surface area contributed by atoms with E-state index < -0.39 is 5.41 Å². The maximum Gasteiger partial charge on any atom is 0.0830 e. The van der Waals surface area contributed by atoms with Crippen LogP contribution in [0.4, 0.5) is 0 Å².